The maximum absolute atomic E-state index is 10.2. The molecular weight excluding hydrogens is 508 g/mol. The smallest absolute Gasteiger partial charge is 0.123 e. The van der Waals surface area contributed by atoms with Crippen molar-refractivity contribution in [3.63, 3.8) is 0 Å². The normalized spacial score (nSPS) is 15.1. The fourth-order valence-corrected chi connectivity index (χ4v) is 4.76. The minimum absolute atomic E-state index is 0.0579. The van der Waals surface area contributed by atoms with Crippen molar-refractivity contribution in [2.75, 3.05) is 0 Å². The van der Waals surface area contributed by atoms with Crippen molar-refractivity contribution in [3.05, 3.63) is 168 Å². The fourth-order valence-electron chi connectivity index (χ4n) is 2.48. The number of rotatable bonds is 17. The summed E-state index contributed by atoms with van der Waals surface area (Å²) in [7, 11) is 2.87. The number of aliphatic hydroxyl groups is 2. The lowest BCUT2D eigenvalue weighted by Crippen LogP contribution is -1.92. The highest BCUT2D eigenvalue weighted by atomic mass is 33.1. The van der Waals surface area contributed by atoms with Crippen LogP contribution in [0.2, 0.25) is 0 Å². The zero-order chi connectivity index (χ0) is 28.8. The first-order valence-electron chi connectivity index (χ1n) is 11.5. The van der Waals surface area contributed by atoms with E-state index in [1.54, 1.807) is 80.1 Å². The molecule has 0 aliphatic rings. The molecule has 38 heavy (non-hydrogen) atoms. The summed E-state index contributed by atoms with van der Waals surface area (Å²) < 4.78 is 0. The predicted octanol–water partition coefficient (Wildman–Crippen LogP) is 9.94. The monoisotopic (exact) mass is 544 g/mol. The Kier molecular flexibility index (Phi) is 18.9. The fraction of sp³-hybridized carbons (Fsp3) is 0.0625. The zero-order valence-electron chi connectivity index (χ0n) is 22.1. The molecule has 6 heteroatoms. The van der Waals surface area contributed by atoms with Crippen LogP contribution < -0.4 is 0 Å². The van der Waals surface area contributed by atoms with Gasteiger partial charge in [-0.05, 0) is 50.3 Å². The molecule has 0 amide bonds. The summed E-state index contributed by atoms with van der Waals surface area (Å²) in [6.07, 6.45) is 26.5. The second-order valence-corrected chi connectivity index (χ2v) is 9.07. The highest BCUT2D eigenvalue weighted by Gasteiger charge is 2.11. The van der Waals surface area contributed by atoms with Crippen molar-refractivity contribution >= 4 is 34.0 Å². The van der Waals surface area contributed by atoms with Gasteiger partial charge in [-0.1, -0.05) is 110 Å². The van der Waals surface area contributed by atoms with Gasteiger partial charge < -0.3 is 10.2 Å². The molecule has 0 radical (unpaired) electrons. The predicted molar refractivity (Wildman–Crippen MR) is 175 cm³/mol. The molecule has 198 valence electrons. The first-order valence-corrected chi connectivity index (χ1v) is 13.6. The first-order chi connectivity index (χ1) is 18.4. The van der Waals surface area contributed by atoms with E-state index >= 15 is 0 Å². The summed E-state index contributed by atoms with van der Waals surface area (Å²) in [5, 5.41) is 20.3. The lowest BCUT2D eigenvalue weighted by atomic mass is 10.2. The Hall–Kier alpha value is -4.00. The van der Waals surface area contributed by atoms with E-state index in [4.69, 9.17) is 0 Å². The molecule has 0 saturated heterocycles. The molecule has 0 aliphatic heterocycles. The van der Waals surface area contributed by atoms with Crippen molar-refractivity contribution in [2.24, 2.45) is 9.98 Å². The van der Waals surface area contributed by atoms with Crippen LogP contribution in [0.3, 0.4) is 0 Å². The largest absolute Gasteiger partial charge is 0.508 e. The van der Waals surface area contributed by atoms with Gasteiger partial charge in [0.05, 0.1) is 11.4 Å². The topological polar surface area (TPSA) is 65.2 Å². The Labute approximate surface area is 235 Å². The Morgan fingerprint density at radius 3 is 1.32 bits per heavy atom. The van der Waals surface area contributed by atoms with Gasteiger partial charge >= 0.3 is 0 Å². The second kappa shape index (κ2) is 21.1. The van der Waals surface area contributed by atoms with Crippen LogP contribution in [0.1, 0.15) is 13.8 Å². The second-order valence-electron chi connectivity index (χ2n) is 6.85. The summed E-state index contributed by atoms with van der Waals surface area (Å²) in [4.78, 5) is 10.7. The molecular formula is C32H36N2O2S2. The minimum atomic E-state index is 0.0579. The summed E-state index contributed by atoms with van der Waals surface area (Å²) in [6.45, 7) is 26.1. The molecule has 0 rings (SSSR count). The van der Waals surface area contributed by atoms with E-state index in [1.807, 2.05) is 19.1 Å². The average molecular weight is 545 g/mol. The van der Waals surface area contributed by atoms with Crippen molar-refractivity contribution < 1.29 is 10.2 Å². The minimum Gasteiger partial charge on any atom is -0.508 e. The van der Waals surface area contributed by atoms with Crippen LogP contribution in [-0.4, -0.2) is 22.6 Å². The molecule has 0 atom stereocenters. The van der Waals surface area contributed by atoms with Crippen molar-refractivity contribution in [2.45, 2.75) is 13.8 Å². The SMILES string of the molecule is C=C/C=C(/C=N/C(=C/C=C)C(=C\C=C)/SSC(=C/C=C)/C(=C\C=C)/N=C/C(=C/C)C(/O)=C\C=C)C(\O)=C/C. The van der Waals surface area contributed by atoms with Crippen LogP contribution in [0.25, 0.3) is 0 Å². The molecule has 0 spiro atoms. The average Bonchev–Trinajstić information content (AvgIpc) is 2.91. The lowest BCUT2D eigenvalue weighted by Gasteiger charge is -2.10. The quantitative estimate of drug-likeness (QED) is 0.0827. The molecule has 0 heterocycles. The number of allylic oxidation sites excluding steroid dienone is 16. The molecule has 0 aromatic rings. The van der Waals surface area contributed by atoms with Gasteiger partial charge in [0.1, 0.15) is 11.5 Å². The summed E-state index contributed by atoms with van der Waals surface area (Å²) in [5.41, 5.74) is 2.29. The molecule has 4 nitrogen and oxygen atoms in total. The van der Waals surface area contributed by atoms with Crippen LogP contribution in [0.5, 0.6) is 0 Å². The number of hydrogen-bond donors (Lipinski definition) is 2. The molecule has 0 aromatic carbocycles. The van der Waals surface area contributed by atoms with Gasteiger partial charge in [-0.3, -0.25) is 9.98 Å². The van der Waals surface area contributed by atoms with E-state index < -0.39 is 0 Å². The van der Waals surface area contributed by atoms with E-state index in [1.165, 1.54) is 33.7 Å². The van der Waals surface area contributed by atoms with Gasteiger partial charge in [-0.2, -0.15) is 0 Å². The van der Waals surface area contributed by atoms with Crippen LogP contribution in [0.15, 0.2) is 178 Å². The maximum Gasteiger partial charge on any atom is 0.123 e. The van der Waals surface area contributed by atoms with E-state index in [-0.39, 0.29) is 11.5 Å². The Bertz CT molecular complexity index is 1200. The maximum atomic E-state index is 10.2. The van der Waals surface area contributed by atoms with Crippen molar-refractivity contribution in [3.8, 4) is 0 Å². The zero-order valence-corrected chi connectivity index (χ0v) is 23.7. The number of aliphatic hydroxyl groups excluding tert-OH is 2. The van der Waals surface area contributed by atoms with Crippen LogP contribution >= 0.6 is 21.6 Å². The number of nitrogens with zero attached hydrogens (tertiary/aromatic N) is 2. The van der Waals surface area contributed by atoms with E-state index in [0.29, 0.717) is 22.5 Å². The van der Waals surface area contributed by atoms with Crippen LogP contribution in [-0.2, 0) is 0 Å². The van der Waals surface area contributed by atoms with Crippen molar-refractivity contribution in [1.29, 1.82) is 0 Å². The van der Waals surface area contributed by atoms with E-state index in [9.17, 15) is 10.2 Å². The van der Waals surface area contributed by atoms with Gasteiger partial charge in [0.2, 0.25) is 0 Å². The molecule has 0 saturated carbocycles. The van der Waals surface area contributed by atoms with Gasteiger partial charge in [0, 0.05) is 33.4 Å². The van der Waals surface area contributed by atoms with Gasteiger partial charge in [-0.25, -0.2) is 0 Å². The molecule has 0 aromatic heterocycles. The third-order valence-corrected chi connectivity index (χ3v) is 6.71. The number of aliphatic imine (C=N–C) groups is 2. The summed E-state index contributed by atoms with van der Waals surface area (Å²) in [5.74, 6) is 0.146. The van der Waals surface area contributed by atoms with E-state index in [0.717, 1.165) is 9.81 Å². The van der Waals surface area contributed by atoms with Gasteiger partial charge in [0.15, 0.2) is 0 Å². The van der Waals surface area contributed by atoms with Crippen molar-refractivity contribution in [1.82, 2.24) is 0 Å². The third kappa shape index (κ3) is 12.8. The Balaban J connectivity index is 6.30. The third-order valence-electron chi connectivity index (χ3n) is 4.25. The molecule has 0 bridgehead atoms. The lowest BCUT2D eigenvalue weighted by molar-refractivity contribution is 0.427. The Morgan fingerprint density at radius 2 is 0.947 bits per heavy atom. The van der Waals surface area contributed by atoms with Crippen LogP contribution in [0, 0.1) is 0 Å². The van der Waals surface area contributed by atoms with Crippen LogP contribution in [0.4, 0.5) is 0 Å². The van der Waals surface area contributed by atoms with Gasteiger partial charge in [0.25, 0.3) is 0 Å². The first kappa shape index (κ1) is 34.0. The summed E-state index contributed by atoms with van der Waals surface area (Å²) in [6, 6.07) is 0. The highest BCUT2D eigenvalue weighted by Crippen LogP contribution is 2.43. The highest BCUT2D eigenvalue weighted by molar-refractivity contribution is 8.79. The molecule has 0 aliphatic carbocycles. The molecule has 0 fully saturated rings. The van der Waals surface area contributed by atoms with Gasteiger partial charge in [-0.15, -0.1) is 0 Å². The standard InChI is InChI=1S/C32H36N2O2S2/c1-9-17-26(29(35)16-8)24-34-28(19-11-3)32(22-14-6)38-37-31(21-13-5)27(18-10-2)33-23-25(15-7)30(36)20-12-4/h9-24,35-36H,1-6H2,7-8H3/b25-15-,26-17-,27-18+,28-19+,29-16+,30-20+,31-21+,32-22+,33-23+,34-24+. The number of hydrogen-bond acceptors (Lipinski definition) is 6. The summed E-state index contributed by atoms with van der Waals surface area (Å²) >= 11 is 0. The molecule has 2 N–H and O–H groups in total. The Morgan fingerprint density at radius 1 is 0.526 bits per heavy atom. The van der Waals surface area contributed by atoms with E-state index in [2.05, 4.69) is 49.5 Å². The molecule has 0 unspecified atom stereocenters.